The first-order chi connectivity index (χ1) is 30.5. The molecule has 0 radical (unpaired) electrons. The van der Waals surface area contributed by atoms with Crippen molar-refractivity contribution < 1.29 is 33.4 Å². The second kappa shape index (κ2) is 15.4. The van der Waals surface area contributed by atoms with Gasteiger partial charge in [0.2, 0.25) is 11.8 Å². The molecule has 5 heterocycles. The lowest BCUT2D eigenvalue weighted by molar-refractivity contribution is -0.136. The number of rotatable bonds is 7. The van der Waals surface area contributed by atoms with E-state index in [2.05, 4.69) is 45.4 Å². The summed E-state index contributed by atoms with van der Waals surface area (Å²) in [5.74, 6) is 1.50. The molecule has 1 saturated carbocycles. The predicted molar refractivity (Wildman–Crippen MR) is 237 cm³/mol. The van der Waals surface area contributed by atoms with Gasteiger partial charge in [-0.2, -0.15) is 0 Å². The minimum Gasteiger partial charge on any atom is -0.508 e. The molecule has 4 aromatic rings. The number of hydrogen-bond donors (Lipinski definition) is 2. The molecule has 2 N–H and O–H groups in total. The van der Waals surface area contributed by atoms with Crippen LogP contribution in [0.3, 0.4) is 0 Å². The topological polar surface area (TPSA) is 112 Å². The van der Waals surface area contributed by atoms with E-state index in [9.17, 15) is 19.5 Å². The Morgan fingerprint density at radius 3 is 2.43 bits per heavy atom. The van der Waals surface area contributed by atoms with Gasteiger partial charge in [0.1, 0.15) is 29.1 Å². The van der Waals surface area contributed by atoms with Gasteiger partial charge in [-0.15, -0.1) is 0 Å². The number of amides is 3. The molecular formula is C52H57FN4O6. The minimum absolute atomic E-state index is 0.0744. The molecule has 3 saturated heterocycles. The van der Waals surface area contributed by atoms with E-state index in [0.29, 0.717) is 47.9 Å². The van der Waals surface area contributed by atoms with Crippen LogP contribution in [0.25, 0.3) is 0 Å². The average Bonchev–Trinajstić information content (AvgIpc) is 3.81. The third-order valence-electron chi connectivity index (χ3n) is 16.4. The molecule has 7 aliphatic rings. The SMILES string of the molecule is COc1cc(N2CCC3(CC2)CC(CN2CCC4(CC2)COc2c4cc(C)c4c2CN(C2CCC(=O)NC2=O)C4=O)C3)c(F)cc1[C@@H]1c2ccc(O)cc2CC[C@@H]1c1ccccc1. The summed E-state index contributed by atoms with van der Waals surface area (Å²) >= 11 is 0. The number of phenolic OH excluding ortho intramolecular Hbond substituents is 1. The van der Waals surface area contributed by atoms with Gasteiger partial charge in [-0.1, -0.05) is 42.5 Å². The largest absolute Gasteiger partial charge is 0.508 e. The van der Waals surface area contributed by atoms with E-state index in [1.54, 1.807) is 24.1 Å². The summed E-state index contributed by atoms with van der Waals surface area (Å²) in [5.41, 5.74) is 8.90. The molecule has 3 atom stereocenters. The predicted octanol–water partition coefficient (Wildman–Crippen LogP) is 7.89. The van der Waals surface area contributed by atoms with Crippen LogP contribution in [-0.4, -0.2) is 85.1 Å². The van der Waals surface area contributed by atoms with Crippen molar-refractivity contribution in [3.8, 4) is 17.2 Å². The first-order valence-electron chi connectivity index (χ1n) is 23.2. The van der Waals surface area contributed by atoms with Gasteiger partial charge in [0.05, 0.1) is 31.5 Å². The average molecular weight is 853 g/mol. The first-order valence-corrected chi connectivity index (χ1v) is 23.2. The zero-order valence-corrected chi connectivity index (χ0v) is 36.4. The Labute approximate surface area is 368 Å². The summed E-state index contributed by atoms with van der Waals surface area (Å²) < 4.78 is 29.1. The van der Waals surface area contributed by atoms with E-state index in [1.165, 1.54) is 24.0 Å². The molecule has 10 nitrogen and oxygen atoms in total. The Hall–Kier alpha value is -5.42. The highest BCUT2D eigenvalue weighted by atomic mass is 19.1. The Balaban J connectivity index is 0.719. The molecule has 11 rings (SSSR count). The number of aromatic hydroxyl groups is 1. The maximum absolute atomic E-state index is 16.5. The lowest BCUT2D eigenvalue weighted by atomic mass is 9.57. The van der Waals surface area contributed by atoms with E-state index in [-0.39, 0.29) is 47.1 Å². The summed E-state index contributed by atoms with van der Waals surface area (Å²) in [6, 6.07) is 21.3. The van der Waals surface area contributed by atoms with E-state index in [0.717, 1.165) is 105 Å². The zero-order chi connectivity index (χ0) is 43.2. The summed E-state index contributed by atoms with van der Waals surface area (Å²) in [6.45, 7) is 7.73. The van der Waals surface area contributed by atoms with Gasteiger partial charge in [-0.05, 0) is 136 Å². The summed E-state index contributed by atoms with van der Waals surface area (Å²) in [5, 5.41) is 12.7. The van der Waals surface area contributed by atoms with Crippen LogP contribution in [0, 0.1) is 24.1 Å². The molecule has 11 heteroatoms. The van der Waals surface area contributed by atoms with E-state index >= 15 is 4.39 Å². The number of benzene rings is 4. The Bertz CT molecular complexity index is 2500. The van der Waals surface area contributed by atoms with Crippen molar-refractivity contribution in [1.82, 2.24) is 15.1 Å². The van der Waals surface area contributed by atoms with Gasteiger partial charge in [0, 0.05) is 60.1 Å². The van der Waals surface area contributed by atoms with Crippen molar-refractivity contribution in [2.24, 2.45) is 11.3 Å². The number of ether oxygens (including phenoxy) is 2. The van der Waals surface area contributed by atoms with E-state index in [1.807, 2.05) is 31.2 Å². The number of methoxy groups -OCH3 is 1. The summed E-state index contributed by atoms with van der Waals surface area (Å²) in [7, 11) is 1.69. The van der Waals surface area contributed by atoms with Crippen molar-refractivity contribution in [2.75, 3.05) is 51.3 Å². The van der Waals surface area contributed by atoms with Crippen LogP contribution in [0.1, 0.15) is 119 Å². The quantitative estimate of drug-likeness (QED) is 0.181. The van der Waals surface area contributed by atoms with Crippen LogP contribution >= 0.6 is 0 Å². The van der Waals surface area contributed by atoms with Gasteiger partial charge >= 0.3 is 0 Å². The number of phenols is 1. The van der Waals surface area contributed by atoms with Crippen LogP contribution in [0.2, 0.25) is 0 Å². The van der Waals surface area contributed by atoms with Crippen molar-refractivity contribution in [3.05, 3.63) is 117 Å². The Morgan fingerprint density at radius 2 is 1.68 bits per heavy atom. The van der Waals surface area contributed by atoms with Crippen LogP contribution in [-0.2, 0) is 28.0 Å². The zero-order valence-electron chi connectivity index (χ0n) is 36.4. The molecule has 63 heavy (non-hydrogen) atoms. The number of likely N-dealkylation sites (tertiary alicyclic amines) is 1. The fourth-order valence-corrected chi connectivity index (χ4v) is 13.1. The van der Waals surface area contributed by atoms with Crippen LogP contribution in [0.15, 0.2) is 66.7 Å². The van der Waals surface area contributed by atoms with E-state index < -0.39 is 11.9 Å². The minimum atomic E-state index is -0.641. The molecule has 5 aliphatic heterocycles. The second-order valence-corrected chi connectivity index (χ2v) is 19.9. The molecule has 1 unspecified atom stereocenters. The fraction of sp³-hybridized carbons (Fsp3) is 0.481. The molecule has 2 spiro atoms. The third kappa shape index (κ3) is 6.79. The molecule has 2 aliphatic carbocycles. The lowest BCUT2D eigenvalue weighted by Gasteiger charge is -2.54. The highest BCUT2D eigenvalue weighted by molar-refractivity contribution is 6.06. The maximum atomic E-state index is 16.5. The number of aryl methyl sites for hydroxylation is 2. The van der Waals surface area contributed by atoms with Gasteiger partial charge in [0.25, 0.3) is 5.91 Å². The highest BCUT2D eigenvalue weighted by Crippen LogP contribution is 2.56. The molecule has 4 fully saturated rings. The van der Waals surface area contributed by atoms with Gasteiger partial charge in [-0.3, -0.25) is 19.7 Å². The number of nitrogens with one attached hydrogen (secondary N) is 1. The standard InChI is InChI=1S/C52H57FN4O6/c1-31-22-40-48(39-29-57(50(61)46(31)39)42-12-13-45(59)54-49(42)60)63-30-52(40)16-18-55(19-17-52)28-32-26-51(27-32)14-20-56(21-15-51)43-25-44(62-2)38(24-41(43)53)47-36(33-6-4-3-5-7-33)10-8-34-23-35(58)9-11-37(34)47/h3-7,9,11,22-25,32,36,42,47,58H,8,10,12-21,26-30H2,1-2H3,(H,54,59,60)/t36-,42?,47+/m1/s1. The fourth-order valence-electron chi connectivity index (χ4n) is 13.1. The first kappa shape index (κ1) is 40.4. The van der Waals surface area contributed by atoms with Crippen LogP contribution in [0.4, 0.5) is 10.1 Å². The van der Waals surface area contributed by atoms with Crippen molar-refractivity contribution in [2.45, 2.75) is 101 Å². The monoisotopic (exact) mass is 852 g/mol. The molecular weight excluding hydrogens is 796 g/mol. The van der Waals surface area contributed by atoms with Crippen molar-refractivity contribution >= 4 is 23.4 Å². The Kier molecular flexibility index (Phi) is 9.86. The maximum Gasteiger partial charge on any atom is 0.255 e. The van der Waals surface area contributed by atoms with Gasteiger partial charge < -0.3 is 29.3 Å². The molecule has 3 amide bonds. The molecule has 0 aromatic heterocycles. The highest BCUT2D eigenvalue weighted by Gasteiger charge is 2.50. The number of carbonyl (C=O) groups excluding carboxylic acids is 3. The number of nitrogens with zero attached hydrogens (tertiary/aromatic N) is 3. The van der Waals surface area contributed by atoms with Crippen LogP contribution < -0.4 is 19.7 Å². The number of halogens is 1. The summed E-state index contributed by atoms with van der Waals surface area (Å²) in [6.07, 6.45) is 8.92. The summed E-state index contributed by atoms with van der Waals surface area (Å²) in [4.78, 5) is 44.6. The molecule has 4 aromatic carbocycles. The number of anilines is 1. The normalized spacial score (nSPS) is 25.1. The number of hydrogen-bond acceptors (Lipinski definition) is 8. The number of carbonyl (C=O) groups is 3. The molecule has 0 bridgehead atoms. The smallest absolute Gasteiger partial charge is 0.255 e. The second-order valence-electron chi connectivity index (χ2n) is 19.9. The lowest BCUT2D eigenvalue weighted by Crippen LogP contribution is -2.52. The number of imide groups is 1. The van der Waals surface area contributed by atoms with Crippen molar-refractivity contribution in [1.29, 1.82) is 0 Å². The van der Waals surface area contributed by atoms with Crippen molar-refractivity contribution in [3.63, 3.8) is 0 Å². The Morgan fingerprint density at radius 1 is 0.905 bits per heavy atom. The number of piperidine rings is 3. The van der Waals surface area contributed by atoms with E-state index in [4.69, 9.17) is 9.47 Å². The van der Waals surface area contributed by atoms with Gasteiger partial charge in [-0.25, -0.2) is 4.39 Å². The third-order valence-corrected chi connectivity index (χ3v) is 16.4. The number of fused-ring (bicyclic) bond motifs is 5. The van der Waals surface area contributed by atoms with Gasteiger partial charge in [0.15, 0.2) is 0 Å². The van der Waals surface area contributed by atoms with Crippen LogP contribution in [0.5, 0.6) is 17.2 Å². The molecule has 328 valence electrons.